The lowest BCUT2D eigenvalue weighted by Gasteiger charge is -2.11. The van der Waals surface area contributed by atoms with Crippen LogP contribution in [-0.2, 0) is 4.79 Å². The average molecular weight is 355 g/mol. The summed E-state index contributed by atoms with van der Waals surface area (Å²) in [5, 5.41) is 6.62. The number of amides is 1. The summed E-state index contributed by atoms with van der Waals surface area (Å²) in [6.45, 7) is -0.188. The van der Waals surface area contributed by atoms with Crippen molar-refractivity contribution in [3.05, 3.63) is 58.6 Å². The minimum atomic E-state index is -0.383. The molecule has 0 aliphatic heterocycles. The van der Waals surface area contributed by atoms with Crippen molar-refractivity contribution in [2.45, 2.75) is 0 Å². The highest BCUT2D eigenvalue weighted by atomic mass is 35.5. The van der Waals surface area contributed by atoms with Crippen LogP contribution in [-0.4, -0.2) is 17.6 Å². The van der Waals surface area contributed by atoms with Crippen LogP contribution in [0.3, 0.4) is 0 Å². The van der Waals surface area contributed by atoms with Crippen LogP contribution in [0.15, 0.2) is 48.5 Å². The van der Waals surface area contributed by atoms with Crippen molar-refractivity contribution in [2.75, 3.05) is 11.9 Å². The molecule has 0 saturated heterocycles. The lowest BCUT2D eigenvalue weighted by molar-refractivity contribution is -0.121. The number of nitrogens with one attached hydrogen (secondary N) is 2. The Kier molecular flexibility index (Phi) is 6.00. The molecule has 0 aliphatic carbocycles. The molecule has 2 aromatic rings. The maximum atomic E-state index is 11.8. The van der Waals surface area contributed by atoms with E-state index >= 15 is 0 Å². The number of carbonyl (C=O) groups excluding carboxylic acids is 1. The van der Waals surface area contributed by atoms with Crippen molar-refractivity contribution in [1.29, 1.82) is 0 Å². The number of hydrogen-bond donors (Lipinski definition) is 2. The van der Waals surface area contributed by atoms with Crippen LogP contribution in [0.25, 0.3) is 0 Å². The number of benzene rings is 2. The highest BCUT2D eigenvalue weighted by Crippen LogP contribution is 2.22. The molecule has 0 spiro atoms. The molecule has 2 N–H and O–H groups in total. The second kappa shape index (κ2) is 7.98. The molecule has 0 unspecified atom stereocenters. The van der Waals surface area contributed by atoms with E-state index in [2.05, 4.69) is 10.6 Å². The van der Waals surface area contributed by atoms with Gasteiger partial charge in [0, 0.05) is 10.7 Å². The average Bonchev–Trinajstić information content (AvgIpc) is 2.49. The standard InChI is InChI=1S/C15H12Cl2N2O2S/c16-10-5-7-11(8-6-10)18-15(22)19-14(20)9-21-13-4-2-1-3-12(13)17/h1-8H,9H2,(H2,18,19,20,22). The maximum absolute atomic E-state index is 11.8. The fourth-order valence-corrected chi connectivity index (χ4v) is 2.11. The van der Waals surface area contributed by atoms with E-state index in [4.69, 9.17) is 40.2 Å². The number of hydrogen-bond acceptors (Lipinski definition) is 3. The Labute approximate surface area is 143 Å². The van der Waals surface area contributed by atoms with E-state index in [0.717, 1.165) is 5.69 Å². The van der Waals surface area contributed by atoms with Gasteiger partial charge in [0.1, 0.15) is 5.75 Å². The lowest BCUT2D eigenvalue weighted by atomic mass is 10.3. The molecule has 0 aliphatic rings. The first-order chi connectivity index (χ1) is 10.5. The third-order valence-electron chi connectivity index (χ3n) is 2.55. The van der Waals surface area contributed by atoms with E-state index in [1.807, 2.05) is 0 Å². The third kappa shape index (κ3) is 5.18. The molecule has 1 amide bonds. The van der Waals surface area contributed by atoms with Crippen LogP contribution in [0.5, 0.6) is 5.75 Å². The summed E-state index contributed by atoms with van der Waals surface area (Å²) >= 11 is 16.8. The Hall–Kier alpha value is -1.82. The minimum absolute atomic E-state index is 0.176. The zero-order chi connectivity index (χ0) is 15.9. The van der Waals surface area contributed by atoms with Crippen molar-refractivity contribution in [1.82, 2.24) is 5.32 Å². The van der Waals surface area contributed by atoms with E-state index in [1.165, 1.54) is 0 Å². The van der Waals surface area contributed by atoms with Crippen LogP contribution in [0, 0.1) is 0 Å². The number of carbonyl (C=O) groups is 1. The van der Waals surface area contributed by atoms with Crippen LogP contribution >= 0.6 is 35.4 Å². The third-order valence-corrected chi connectivity index (χ3v) is 3.32. The molecule has 114 valence electrons. The van der Waals surface area contributed by atoms with Crippen LogP contribution in [0.4, 0.5) is 5.69 Å². The molecular formula is C15H12Cl2N2O2S. The number of halogens is 2. The van der Waals surface area contributed by atoms with Crippen LogP contribution in [0.1, 0.15) is 0 Å². The second-order valence-electron chi connectivity index (χ2n) is 4.23. The highest BCUT2D eigenvalue weighted by Gasteiger charge is 2.07. The largest absolute Gasteiger partial charge is 0.482 e. The van der Waals surface area contributed by atoms with Gasteiger partial charge in [-0.15, -0.1) is 0 Å². The minimum Gasteiger partial charge on any atom is -0.482 e. The van der Waals surface area contributed by atoms with Gasteiger partial charge in [-0.25, -0.2) is 0 Å². The first-order valence-electron chi connectivity index (χ1n) is 6.28. The molecule has 0 heterocycles. The predicted molar refractivity (Wildman–Crippen MR) is 92.8 cm³/mol. The van der Waals surface area contributed by atoms with Gasteiger partial charge in [0.05, 0.1) is 5.02 Å². The van der Waals surface area contributed by atoms with Gasteiger partial charge in [-0.2, -0.15) is 0 Å². The molecular weight excluding hydrogens is 343 g/mol. The Balaban J connectivity index is 1.80. The van der Waals surface area contributed by atoms with E-state index in [-0.39, 0.29) is 17.6 Å². The number of rotatable bonds is 4. The van der Waals surface area contributed by atoms with Crippen LogP contribution in [0.2, 0.25) is 10.0 Å². The molecule has 4 nitrogen and oxygen atoms in total. The normalized spacial score (nSPS) is 9.91. The molecule has 7 heteroatoms. The zero-order valence-electron chi connectivity index (χ0n) is 11.3. The van der Waals surface area contributed by atoms with E-state index in [9.17, 15) is 4.79 Å². The Morgan fingerprint density at radius 1 is 1.09 bits per heavy atom. The second-order valence-corrected chi connectivity index (χ2v) is 5.48. The van der Waals surface area contributed by atoms with Crippen LogP contribution < -0.4 is 15.4 Å². The number of anilines is 1. The quantitative estimate of drug-likeness (QED) is 0.818. The molecule has 22 heavy (non-hydrogen) atoms. The monoisotopic (exact) mass is 354 g/mol. The summed E-state index contributed by atoms with van der Waals surface area (Å²) in [7, 11) is 0. The lowest BCUT2D eigenvalue weighted by Crippen LogP contribution is -2.37. The molecule has 0 fully saturated rings. The molecule has 0 saturated carbocycles. The summed E-state index contributed by atoms with van der Waals surface area (Å²) in [5.74, 6) is 0.0577. The van der Waals surface area contributed by atoms with Gasteiger partial charge >= 0.3 is 0 Å². The maximum Gasteiger partial charge on any atom is 0.264 e. The Bertz CT molecular complexity index is 677. The molecule has 2 rings (SSSR count). The predicted octanol–water partition coefficient (Wildman–Crippen LogP) is 3.89. The number of ether oxygens (including phenoxy) is 1. The summed E-state index contributed by atoms with van der Waals surface area (Å²) in [5.41, 5.74) is 0.724. The van der Waals surface area contributed by atoms with Crippen molar-refractivity contribution in [3.8, 4) is 5.75 Å². The van der Waals surface area contributed by atoms with E-state index in [0.29, 0.717) is 15.8 Å². The Morgan fingerprint density at radius 2 is 1.77 bits per heavy atom. The number of thiocarbonyl (C=S) groups is 1. The zero-order valence-corrected chi connectivity index (χ0v) is 13.6. The SMILES string of the molecule is O=C(COc1ccccc1Cl)NC(=S)Nc1ccc(Cl)cc1. The first kappa shape index (κ1) is 16.5. The topological polar surface area (TPSA) is 50.4 Å². The van der Waals surface area contributed by atoms with Crippen molar-refractivity contribution in [3.63, 3.8) is 0 Å². The van der Waals surface area contributed by atoms with Gasteiger partial charge in [0.15, 0.2) is 11.7 Å². The van der Waals surface area contributed by atoms with Crippen molar-refractivity contribution < 1.29 is 9.53 Å². The van der Waals surface area contributed by atoms with Crippen molar-refractivity contribution >= 4 is 52.1 Å². The Morgan fingerprint density at radius 3 is 2.45 bits per heavy atom. The van der Waals surface area contributed by atoms with Gasteiger partial charge < -0.3 is 10.1 Å². The number of para-hydroxylation sites is 1. The fraction of sp³-hybridized carbons (Fsp3) is 0.0667. The van der Waals surface area contributed by atoms with Gasteiger partial charge in [0.25, 0.3) is 5.91 Å². The molecule has 0 atom stereocenters. The van der Waals surface area contributed by atoms with Gasteiger partial charge in [-0.05, 0) is 48.6 Å². The molecule has 0 aromatic heterocycles. The highest BCUT2D eigenvalue weighted by molar-refractivity contribution is 7.80. The summed E-state index contributed by atoms with van der Waals surface area (Å²) < 4.78 is 5.32. The fourth-order valence-electron chi connectivity index (χ4n) is 1.56. The summed E-state index contributed by atoms with van der Waals surface area (Å²) in [4.78, 5) is 11.8. The van der Waals surface area contributed by atoms with Gasteiger partial charge in [-0.1, -0.05) is 35.3 Å². The molecule has 0 radical (unpaired) electrons. The van der Waals surface area contributed by atoms with Gasteiger partial charge in [0.2, 0.25) is 0 Å². The summed E-state index contributed by atoms with van der Waals surface area (Å²) in [6.07, 6.45) is 0. The molecule has 2 aromatic carbocycles. The van der Waals surface area contributed by atoms with E-state index in [1.54, 1.807) is 48.5 Å². The van der Waals surface area contributed by atoms with E-state index < -0.39 is 0 Å². The smallest absolute Gasteiger partial charge is 0.264 e. The van der Waals surface area contributed by atoms with Crippen molar-refractivity contribution in [2.24, 2.45) is 0 Å². The summed E-state index contributed by atoms with van der Waals surface area (Å²) in [6, 6.07) is 13.8. The first-order valence-corrected chi connectivity index (χ1v) is 7.45. The molecule has 0 bridgehead atoms. The van der Waals surface area contributed by atoms with Gasteiger partial charge in [-0.3, -0.25) is 10.1 Å².